The van der Waals surface area contributed by atoms with Crippen LogP contribution < -0.4 is 0 Å². The summed E-state index contributed by atoms with van der Waals surface area (Å²) < 4.78 is 0. The first kappa shape index (κ1) is 13.8. The predicted octanol–water partition coefficient (Wildman–Crippen LogP) is 1.68. The van der Waals surface area contributed by atoms with Crippen LogP contribution in [0.2, 0.25) is 0 Å². The average Bonchev–Trinajstić information content (AvgIpc) is 2.46. The van der Waals surface area contributed by atoms with E-state index in [0.717, 1.165) is 25.4 Å². The summed E-state index contributed by atoms with van der Waals surface area (Å²) in [6.45, 7) is 9.63. The van der Waals surface area contributed by atoms with Crippen LogP contribution in [0.25, 0.3) is 0 Å². The van der Waals surface area contributed by atoms with Crippen LogP contribution in [-0.2, 0) is 4.79 Å². The molecule has 1 rings (SSSR count). The zero-order valence-electron chi connectivity index (χ0n) is 10.7. The first-order valence-electron chi connectivity index (χ1n) is 6.28. The van der Waals surface area contributed by atoms with E-state index in [2.05, 4.69) is 11.8 Å². The van der Waals surface area contributed by atoms with Crippen LogP contribution >= 0.6 is 11.8 Å². The molecule has 16 heavy (non-hydrogen) atoms. The standard InChI is InChI=1S/C12H24N2OS/c1-4-13(5-2)12(15)10-14-7-9-16-8-6-11(14)3/h11H,4-10H2,1-3H3/t11-/m0/s1. The molecule has 0 aliphatic carbocycles. The van der Waals surface area contributed by atoms with Gasteiger partial charge in [-0.1, -0.05) is 0 Å². The van der Waals surface area contributed by atoms with Crippen LogP contribution in [0.1, 0.15) is 27.2 Å². The number of hydrogen-bond acceptors (Lipinski definition) is 3. The van der Waals surface area contributed by atoms with Crippen LogP contribution in [0.3, 0.4) is 0 Å². The molecule has 0 spiro atoms. The Morgan fingerprint density at radius 3 is 2.69 bits per heavy atom. The molecule has 0 unspecified atom stereocenters. The summed E-state index contributed by atoms with van der Waals surface area (Å²) in [4.78, 5) is 16.3. The van der Waals surface area contributed by atoms with Crippen LogP contribution in [0, 0.1) is 0 Å². The Hall–Kier alpha value is -0.220. The van der Waals surface area contributed by atoms with E-state index in [9.17, 15) is 4.79 Å². The van der Waals surface area contributed by atoms with Crippen molar-refractivity contribution in [2.75, 3.05) is 37.7 Å². The lowest BCUT2D eigenvalue weighted by Gasteiger charge is -2.28. The van der Waals surface area contributed by atoms with Gasteiger partial charge in [0.2, 0.25) is 5.91 Å². The molecule has 0 aromatic carbocycles. The van der Waals surface area contributed by atoms with Gasteiger partial charge in [-0.3, -0.25) is 9.69 Å². The van der Waals surface area contributed by atoms with Crippen LogP contribution in [-0.4, -0.2) is 59.4 Å². The van der Waals surface area contributed by atoms with E-state index in [1.54, 1.807) is 0 Å². The van der Waals surface area contributed by atoms with Gasteiger partial charge in [0.1, 0.15) is 0 Å². The van der Waals surface area contributed by atoms with Crippen molar-refractivity contribution in [2.45, 2.75) is 33.2 Å². The van der Waals surface area contributed by atoms with Gasteiger partial charge in [-0.25, -0.2) is 0 Å². The second kappa shape index (κ2) is 7.17. The van der Waals surface area contributed by atoms with E-state index < -0.39 is 0 Å². The quantitative estimate of drug-likeness (QED) is 0.752. The van der Waals surface area contributed by atoms with Crippen LogP contribution in [0.15, 0.2) is 0 Å². The normalized spacial score (nSPS) is 22.8. The minimum absolute atomic E-state index is 0.281. The molecule has 0 saturated carbocycles. The summed E-state index contributed by atoms with van der Waals surface area (Å²) in [6, 6.07) is 0.550. The second-order valence-electron chi connectivity index (χ2n) is 4.29. The van der Waals surface area contributed by atoms with Gasteiger partial charge in [0.05, 0.1) is 6.54 Å². The topological polar surface area (TPSA) is 23.6 Å². The number of carbonyl (C=O) groups excluding carboxylic acids is 1. The fourth-order valence-electron chi connectivity index (χ4n) is 2.03. The highest BCUT2D eigenvalue weighted by atomic mass is 32.2. The second-order valence-corrected chi connectivity index (χ2v) is 5.51. The highest BCUT2D eigenvalue weighted by Gasteiger charge is 2.21. The van der Waals surface area contributed by atoms with Gasteiger partial charge in [0, 0.05) is 31.4 Å². The largest absolute Gasteiger partial charge is 0.342 e. The monoisotopic (exact) mass is 244 g/mol. The molecule has 1 atom stereocenters. The lowest BCUT2D eigenvalue weighted by molar-refractivity contribution is -0.132. The third-order valence-electron chi connectivity index (χ3n) is 3.28. The van der Waals surface area contributed by atoms with Crippen molar-refractivity contribution in [3.63, 3.8) is 0 Å². The molecule has 1 fully saturated rings. The molecular formula is C12H24N2OS. The molecule has 0 bridgehead atoms. The van der Waals surface area contributed by atoms with E-state index >= 15 is 0 Å². The summed E-state index contributed by atoms with van der Waals surface area (Å²) >= 11 is 2.00. The Morgan fingerprint density at radius 1 is 1.38 bits per heavy atom. The van der Waals surface area contributed by atoms with E-state index in [1.165, 1.54) is 12.2 Å². The molecule has 1 aliphatic rings. The third-order valence-corrected chi connectivity index (χ3v) is 4.28. The van der Waals surface area contributed by atoms with Gasteiger partial charge in [-0.2, -0.15) is 11.8 Å². The Morgan fingerprint density at radius 2 is 2.06 bits per heavy atom. The van der Waals surface area contributed by atoms with Crippen molar-refractivity contribution in [3.05, 3.63) is 0 Å². The van der Waals surface area contributed by atoms with Crippen LogP contribution in [0.4, 0.5) is 0 Å². The maximum Gasteiger partial charge on any atom is 0.236 e. The highest BCUT2D eigenvalue weighted by molar-refractivity contribution is 7.99. The Bertz CT molecular complexity index is 219. The van der Waals surface area contributed by atoms with E-state index in [0.29, 0.717) is 12.6 Å². The smallest absolute Gasteiger partial charge is 0.236 e. The summed E-state index contributed by atoms with van der Waals surface area (Å²) in [5.41, 5.74) is 0. The fourth-order valence-corrected chi connectivity index (χ4v) is 3.10. The molecule has 1 aliphatic heterocycles. The van der Waals surface area contributed by atoms with Crippen molar-refractivity contribution >= 4 is 17.7 Å². The summed E-state index contributed by atoms with van der Waals surface area (Å²) in [5, 5.41) is 0. The summed E-state index contributed by atoms with van der Waals surface area (Å²) in [6.07, 6.45) is 1.20. The van der Waals surface area contributed by atoms with Crippen molar-refractivity contribution in [1.82, 2.24) is 9.80 Å². The van der Waals surface area contributed by atoms with Gasteiger partial charge < -0.3 is 4.90 Å². The maximum atomic E-state index is 12.0. The number of nitrogens with zero attached hydrogens (tertiary/aromatic N) is 2. The van der Waals surface area contributed by atoms with E-state index in [-0.39, 0.29) is 5.91 Å². The van der Waals surface area contributed by atoms with Crippen molar-refractivity contribution in [3.8, 4) is 0 Å². The molecule has 3 nitrogen and oxygen atoms in total. The van der Waals surface area contributed by atoms with Crippen molar-refractivity contribution in [1.29, 1.82) is 0 Å². The number of carbonyl (C=O) groups is 1. The maximum absolute atomic E-state index is 12.0. The molecule has 0 aromatic rings. The molecule has 1 saturated heterocycles. The number of amides is 1. The van der Waals surface area contributed by atoms with E-state index in [4.69, 9.17) is 0 Å². The molecule has 94 valence electrons. The molecular weight excluding hydrogens is 220 g/mol. The highest BCUT2D eigenvalue weighted by Crippen LogP contribution is 2.15. The van der Waals surface area contributed by atoms with Crippen molar-refractivity contribution in [2.24, 2.45) is 0 Å². The molecule has 1 amide bonds. The number of likely N-dealkylation sites (N-methyl/N-ethyl adjacent to an activating group) is 1. The summed E-state index contributed by atoms with van der Waals surface area (Å²) in [7, 11) is 0. The zero-order valence-corrected chi connectivity index (χ0v) is 11.6. The SMILES string of the molecule is CCN(CC)C(=O)CN1CCSCC[C@@H]1C. The summed E-state index contributed by atoms with van der Waals surface area (Å²) in [5.74, 6) is 2.68. The predicted molar refractivity (Wildman–Crippen MR) is 70.9 cm³/mol. The third kappa shape index (κ3) is 3.98. The Kier molecular flexibility index (Phi) is 6.21. The molecule has 0 N–H and O–H groups in total. The lowest BCUT2D eigenvalue weighted by Crippen LogP contribution is -2.44. The minimum atomic E-state index is 0.281. The van der Waals surface area contributed by atoms with Gasteiger partial charge in [-0.05, 0) is 32.9 Å². The first-order chi connectivity index (χ1) is 7.69. The molecule has 0 radical (unpaired) electrons. The van der Waals surface area contributed by atoms with E-state index in [1.807, 2.05) is 30.5 Å². The average molecular weight is 244 g/mol. The Balaban J connectivity index is 2.47. The first-order valence-corrected chi connectivity index (χ1v) is 7.44. The number of hydrogen-bond donors (Lipinski definition) is 0. The van der Waals surface area contributed by atoms with Gasteiger partial charge in [-0.15, -0.1) is 0 Å². The minimum Gasteiger partial charge on any atom is -0.342 e. The van der Waals surface area contributed by atoms with Crippen LogP contribution in [0.5, 0.6) is 0 Å². The van der Waals surface area contributed by atoms with Gasteiger partial charge in [0.25, 0.3) is 0 Å². The number of thioether (sulfide) groups is 1. The fraction of sp³-hybridized carbons (Fsp3) is 0.917. The molecule has 1 heterocycles. The van der Waals surface area contributed by atoms with Gasteiger partial charge >= 0.3 is 0 Å². The molecule has 4 heteroatoms. The molecule has 0 aromatic heterocycles. The number of rotatable bonds is 4. The van der Waals surface area contributed by atoms with Crippen molar-refractivity contribution < 1.29 is 4.79 Å². The zero-order chi connectivity index (χ0) is 12.0. The lowest BCUT2D eigenvalue weighted by atomic mass is 10.2. The van der Waals surface area contributed by atoms with Gasteiger partial charge in [0.15, 0.2) is 0 Å². The Labute approximate surface area is 104 Å².